The van der Waals surface area contributed by atoms with Crippen LogP contribution in [0.1, 0.15) is 19.0 Å². The summed E-state index contributed by atoms with van der Waals surface area (Å²) in [5.41, 5.74) is 8.67. The van der Waals surface area contributed by atoms with Gasteiger partial charge in [0.25, 0.3) is 0 Å². The van der Waals surface area contributed by atoms with Crippen molar-refractivity contribution in [3.8, 4) is 11.4 Å². The topological polar surface area (TPSA) is 53.1 Å². The fraction of sp³-hybridized carbons (Fsp3) is 0.308. The number of anilines is 1. The molecule has 2 rings (SSSR count). The van der Waals surface area contributed by atoms with Crippen molar-refractivity contribution in [1.82, 2.24) is 9.55 Å². The SMILES string of the molecule is CCCc1cncn1-c1ccc(N)c(OC)c1. The lowest BCUT2D eigenvalue weighted by Gasteiger charge is -2.10. The quantitative estimate of drug-likeness (QED) is 0.822. The van der Waals surface area contributed by atoms with Crippen molar-refractivity contribution in [2.24, 2.45) is 0 Å². The Labute approximate surface area is 101 Å². The molecule has 17 heavy (non-hydrogen) atoms. The van der Waals surface area contributed by atoms with Gasteiger partial charge in [-0.1, -0.05) is 13.3 Å². The first-order chi connectivity index (χ1) is 8.26. The summed E-state index contributed by atoms with van der Waals surface area (Å²) in [6.45, 7) is 2.15. The van der Waals surface area contributed by atoms with Gasteiger partial charge in [-0.2, -0.15) is 0 Å². The summed E-state index contributed by atoms with van der Waals surface area (Å²) >= 11 is 0. The van der Waals surface area contributed by atoms with Crippen LogP contribution in [0.3, 0.4) is 0 Å². The lowest BCUT2D eigenvalue weighted by Crippen LogP contribution is -2.00. The van der Waals surface area contributed by atoms with Crippen LogP contribution in [-0.2, 0) is 6.42 Å². The molecule has 2 aromatic rings. The molecule has 90 valence electrons. The third kappa shape index (κ3) is 2.25. The minimum Gasteiger partial charge on any atom is -0.495 e. The highest BCUT2D eigenvalue weighted by atomic mass is 16.5. The molecule has 0 unspecified atom stereocenters. The summed E-state index contributed by atoms with van der Waals surface area (Å²) in [4.78, 5) is 4.19. The highest BCUT2D eigenvalue weighted by Gasteiger charge is 2.06. The number of rotatable bonds is 4. The molecule has 4 nitrogen and oxygen atoms in total. The molecule has 0 spiro atoms. The minimum absolute atomic E-state index is 0.647. The Morgan fingerprint density at radius 2 is 2.24 bits per heavy atom. The zero-order valence-electron chi connectivity index (χ0n) is 10.2. The molecular weight excluding hydrogens is 214 g/mol. The Bertz CT molecular complexity index is 505. The average molecular weight is 231 g/mol. The van der Waals surface area contributed by atoms with E-state index in [1.54, 1.807) is 7.11 Å². The van der Waals surface area contributed by atoms with E-state index >= 15 is 0 Å². The number of ether oxygens (including phenoxy) is 1. The Hall–Kier alpha value is -1.97. The van der Waals surface area contributed by atoms with Crippen molar-refractivity contribution in [3.05, 3.63) is 36.4 Å². The van der Waals surface area contributed by atoms with Crippen molar-refractivity contribution in [2.45, 2.75) is 19.8 Å². The highest BCUT2D eigenvalue weighted by Crippen LogP contribution is 2.25. The van der Waals surface area contributed by atoms with Crippen molar-refractivity contribution >= 4 is 5.69 Å². The molecule has 4 heteroatoms. The van der Waals surface area contributed by atoms with Gasteiger partial charge < -0.3 is 15.0 Å². The van der Waals surface area contributed by atoms with E-state index in [0.29, 0.717) is 11.4 Å². The molecule has 0 radical (unpaired) electrons. The van der Waals surface area contributed by atoms with E-state index in [9.17, 15) is 0 Å². The minimum atomic E-state index is 0.647. The largest absolute Gasteiger partial charge is 0.495 e. The van der Waals surface area contributed by atoms with Crippen LogP contribution in [0.25, 0.3) is 5.69 Å². The summed E-state index contributed by atoms with van der Waals surface area (Å²) in [7, 11) is 1.62. The van der Waals surface area contributed by atoms with Gasteiger partial charge in [-0.15, -0.1) is 0 Å². The van der Waals surface area contributed by atoms with Crippen LogP contribution in [0, 0.1) is 0 Å². The Balaban J connectivity index is 2.42. The second-order valence-corrected chi connectivity index (χ2v) is 3.93. The number of benzene rings is 1. The van der Waals surface area contributed by atoms with Crippen LogP contribution in [0.4, 0.5) is 5.69 Å². The molecule has 0 bridgehead atoms. The average Bonchev–Trinajstić information content (AvgIpc) is 2.78. The molecule has 0 atom stereocenters. The second kappa shape index (κ2) is 4.91. The number of imidazole rings is 1. The van der Waals surface area contributed by atoms with Crippen molar-refractivity contribution < 1.29 is 4.74 Å². The van der Waals surface area contributed by atoms with E-state index in [0.717, 1.165) is 18.5 Å². The Morgan fingerprint density at radius 1 is 1.41 bits per heavy atom. The van der Waals surface area contributed by atoms with Gasteiger partial charge in [0, 0.05) is 18.0 Å². The molecule has 0 aliphatic carbocycles. The second-order valence-electron chi connectivity index (χ2n) is 3.93. The fourth-order valence-corrected chi connectivity index (χ4v) is 1.85. The predicted molar refractivity (Wildman–Crippen MR) is 68.5 cm³/mol. The standard InChI is InChI=1S/C13H17N3O/c1-3-4-11-8-15-9-16(11)10-5-6-12(14)13(7-10)17-2/h5-9H,3-4,14H2,1-2H3. The molecule has 0 aliphatic heterocycles. The molecule has 0 fully saturated rings. The molecule has 0 aliphatic rings. The van der Waals surface area contributed by atoms with Gasteiger partial charge >= 0.3 is 0 Å². The molecule has 1 aromatic carbocycles. The molecular formula is C13H17N3O. The summed E-state index contributed by atoms with van der Waals surface area (Å²) in [5, 5.41) is 0. The number of methoxy groups -OCH3 is 1. The first-order valence-corrected chi connectivity index (χ1v) is 5.71. The van der Waals surface area contributed by atoms with E-state index in [1.165, 1.54) is 5.69 Å². The maximum Gasteiger partial charge on any atom is 0.143 e. The van der Waals surface area contributed by atoms with Crippen LogP contribution in [0.15, 0.2) is 30.7 Å². The third-order valence-corrected chi connectivity index (χ3v) is 2.72. The lowest BCUT2D eigenvalue weighted by atomic mass is 10.2. The van der Waals surface area contributed by atoms with Gasteiger partial charge in [-0.05, 0) is 18.6 Å². The summed E-state index contributed by atoms with van der Waals surface area (Å²) < 4.78 is 7.29. The van der Waals surface area contributed by atoms with Crippen LogP contribution in [-0.4, -0.2) is 16.7 Å². The van der Waals surface area contributed by atoms with Crippen molar-refractivity contribution in [3.63, 3.8) is 0 Å². The number of hydrogen-bond acceptors (Lipinski definition) is 3. The number of nitrogen functional groups attached to an aromatic ring is 1. The van der Waals surface area contributed by atoms with Gasteiger partial charge in [0.1, 0.15) is 5.75 Å². The van der Waals surface area contributed by atoms with Crippen molar-refractivity contribution in [2.75, 3.05) is 12.8 Å². The zero-order chi connectivity index (χ0) is 12.3. The van der Waals surface area contributed by atoms with Gasteiger partial charge in [0.05, 0.1) is 24.8 Å². The fourth-order valence-electron chi connectivity index (χ4n) is 1.85. The first kappa shape index (κ1) is 11.5. The summed E-state index contributed by atoms with van der Waals surface area (Å²) in [5.74, 6) is 0.693. The summed E-state index contributed by atoms with van der Waals surface area (Å²) in [6.07, 6.45) is 5.81. The van der Waals surface area contributed by atoms with Gasteiger partial charge in [0.2, 0.25) is 0 Å². The number of nitrogens with zero attached hydrogens (tertiary/aromatic N) is 2. The normalized spacial score (nSPS) is 10.5. The lowest BCUT2D eigenvalue weighted by molar-refractivity contribution is 0.417. The van der Waals surface area contributed by atoms with Crippen LogP contribution >= 0.6 is 0 Å². The number of aryl methyl sites for hydroxylation is 1. The van der Waals surface area contributed by atoms with Crippen molar-refractivity contribution in [1.29, 1.82) is 0 Å². The van der Waals surface area contributed by atoms with E-state index in [2.05, 4.69) is 16.5 Å². The van der Waals surface area contributed by atoms with E-state index in [-0.39, 0.29) is 0 Å². The Morgan fingerprint density at radius 3 is 2.94 bits per heavy atom. The van der Waals surface area contributed by atoms with E-state index < -0.39 is 0 Å². The van der Waals surface area contributed by atoms with E-state index in [1.807, 2.05) is 30.7 Å². The number of hydrogen-bond donors (Lipinski definition) is 1. The van der Waals surface area contributed by atoms with Crippen LogP contribution in [0.2, 0.25) is 0 Å². The smallest absolute Gasteiger partial charge is 0.143 e. The van der Waals surface area contributed by atoms with E-state index in [4.69, 9.17) is 10.5 Å². The third-order valence-electron chi connectivity index (χ3n) is 2.72. The number of nitrogens with two attached hydrogens (primary N) is 1. The number of aromatic nitrogens is 2. The Kier molecular flexibility index (Phi) is 3.32. The van der Waals surface area contributed by atoms with Gasteiger partial charge in [-0.25, -0.2) is 4.98 Å². The molecule has 1 heterocycles. The maximum atomic E-state index is 5.80. The molecule has 0 amide bonds. The molecule has 0 saturated heterocycles. The maximum absolute atomic E-state index is 5.80. The van der Waals surface area contributed by atoms with Crippen LogP contribution < -0.4 is 10.5 Å². The zero-order valence-corrected chi connectivity index (χ0v) is 10.2. The van der Waals surface area contributed by atoms with Gasteiger partial charge in [-0.3, -0.25) is 0 Å². The molecule has 0 saturated carbocycles. The van der Waals surface area contributed by atoms with Gasteiger partial charge in [0.15, 0.2) is 0 Å². The first-order valence-electron chi connectivity index (χ1n) is 5.71. The highest BCUT2D eigenvalue weighted by molar-refractivity contribution is 5.57. The predicted octanol–water partition coefficient (Wildman–Crippen LogP) is 2.42. The summed E-state index contributed by atoms with van der Waals surface area (Å²) in [6, 6.07) is 5.75. The van der Waals surface area contributed by atoms with Crippen LogP contribution in [0.5, 0.6) is 5.75 Å². The molecule has 1 aromatic heterocycles. The molecule has 2 N–H and O–H groups in total. The monoisotopic (exact) mass is 231 g/mol.